The number of benzene rings is 3. The molecule has 37 heavy (non-hydrogen) atoms. The Morgan fingerprint density at radius 2 is 1.68 bits per heavy atom. The second-order valence-electron chi connectivity index (χ2n) is 8.93. The minimum absolute atomic E-state index is 0.0513. The molecule has 0 bridgehead atoms. The lowest BCUT2D eigenvalue weighted by Gasteiger charge is -2.30. The Hall–Kier alpha value is -3.73. The third-order valence-corrected chi connectivity index (χ3v) is 8.26. The van der Waals surface area contributed by atoms with Crippen LogP contribution < -0.4 is 15.0 Å². The number of ether oxygens (including phenoxy) is 2. The molecule has 0 saturated carbocycles. The Balaban J connectivity index is 1.32. The molecule has 1 saturated heterocycles. The molecule has 3 aromatic rings. The number of hydrogen-bond donors (Lipinski definition) is 1. The van der Waals surface area contributed by atoms with E-state index >= 15 is 0 Å². The number of rotatable bonds is 6. The summed E-state index contributed by atoms with van der Waals surface area (Å²) in [6.07, 6.45) is 0. The Morgan fingerprint density at radius 3 is 2.38 bits per heavy atom. The van der Waals surface area contributed by atoms with E-state index in [1.54, 1.807) is 23.1 Å². The smallest absolute Gasteiger partial charge is 0.265 e. The number of sulfonamides is 1. The van der Waals surface area contributed by atoms with E-state index in [0.717, 1.165) is 11.1 Å². The van der Waals surface area contributed by atoms with Gasteiger partial charge in [-0.05, 0) is 55.0 Å². The second-order valence-corrected chi connectivity index (χ2v) is 10.9. The van der Waals surface area contributed by atoms with Crippen molar-refractivity contribution in [2.24, 2.45) is 0 Å². The van der Waals surface area contributed by atoms with Crippen molar-refractivity contribution in [1.29, 1.82) is 0 Å². The molecule has 10 heteroatoms. The summed E-state index contributed by atoms with van der Waals surface area (Å²) in [5.74, 6) is -0.0144. The third kappa shape index (κ3) is 5.36. The average molecular weight is 522 g/mol. The molecule has 2 heterocycles. The quantitative estimate of drug-likeness (QED) is 0.534. The summed E-state index contributed by atoms with van der Waals surface area (Å²) in [6.45, 7) is 3.66. The first kappa shape index (κ1) is 24.9. The number of aryl methyl sites for hydroxylation is 1. The van der Waals surface area contributed by atoms with Crippen molar-refractivity contribution >= 4 is 33.2 Å². The van der Waals surface area contributed by atoms with Crippen LogP contribution in [0.25, 0.3) is 0 Å². The fourth-order valence-corrected chi connectivity index (χ4v) is 5.65. The van der Waals surface area contributed by atoms with Crippen LogP contribution in [-0.4, -0.2) is 57.4 Å². The van der Waals surface area contributed by atoms with E-state index in [0.29, 0.717) is 55.5 Å². The van der Waals surface area contributed by atoms with Crippen molar-refractivity contribution in [3.8, 4) is 5.75 Å². The maximum atomic E-state index is 12.9. The van der Waals surface area contributed by atoms with Crippen molar-refractivity contribution in [2.75, 3.05) is 43.1 Å². The van der Waals surface area contributed by atoms with Crippen molar-refractivity contribution in [2.45, 2.75) is 18.4 Å². The van der Waals surface area contributed by atoms with Crippen LogP contribution in [0.15, 0.2) is 71.6 Å². The van der Waals surface area contributed by atoms with E-state index in [4.69, 9.17) is 9.47 Å². The predicted octanol–water partition coefficient (Wildman–Crippen LogP) is 3.19. The van der Waals surface area contributed by atoms with Gasteiger partial charge in [0.2, 0.25) is 10.0 Å². The number of carbonyl (C=O) groups is 2. The summed E-state index contributed by atoms with van der Waals surface area (Å²) in [5.41, 5.74) is 3.48. The van der Waals surface area contributed by atoms with Crippen LogP contribution in [0.1, 0.15) is 21.5 Å². The van der Waals surface area contributed by atoms with Crippen LogP contribution in [0.3, 0.4) is 0 Å². The number of hydrogen-bond acceptors (Lipinski definition) is 6. The van der Waals surface area contributed by atoms with Crippen LogP contribution in [0.4, 0.5) is 11.4 Å². The zero-order chi connectivity index (χ0) is 26.0. The van der Waals surface area contributed by atoms with Gasteiger partial charge in [0.25, 0.3) is 11.8 Å². The third-order valence-electron chi connectivity index (χ3n) is 6.35. The maximum Gasteiger partial charge on any atom is 0.265 e. The van der Waals surface area contributed by atoms with Gasteiger partial charge >= 0.3 is 0 Å². The van der Waals surface area contributed by atoms with Gasteiger partial charge in [0, 0.05) is 24.3 Å². The lowest BCUT2D eigenvalue weighted by atomic mass is 10.1. The first-order valence-electron chi connectivity index (χ1n) is 11.9. The summed E-state index contributed by atoms with van der Waals surface area (Å²) >= 11 is 0. The van der Waals surface area contributed by atoms with Gasteiger partial charge in [0.05, 0.1) is 30.3 Å². The van der Waals surface area contributed by atoms with Gasteiger partial charge < -0.3 is 19.7 Å². The molecule has 3 aromatic carbocycles. The number of nitrogens with zero attached hydrogens (tertiary/aromatic N) is 2. The lowest BCUT2D eigenvalue weighted by Crippen LogP contribution is -2.40. The number of fused-ring (bicyclic) bond motifs is 1. The normalized spacial score (nSPS) is 16.1. The first-order valence-corrected chi connectivity index (χ1v) is 13.4. The molecular formula is C27H27N3O6S. The Morgan fingerprint density at radius 1 is 0.973 bits per heavy atom. The predicted molar refractivity (Wildman–Crippen MR) is 138 cm³/mol. The van der Waals surface area contributed by atoms with Gasteiger partial charge in [-0.2, -0.15) is 4.31 Å². The molecule has 2 amide bonds. The SMILES string of the molecule is Cc1ccc(CN2C(=O)COc3ccc(NC(=O)c4ccc(S(=O)(=O)N5CCOCC5)cc4)cc32)cc1. The molecule has 0 atom stereocenters. The van der Waals surface area contributed by atoms with E-state index in [1.807, 2.05) is 31.2 Å². The van der Waals surface area contributed by atoms with Crippen LogP contribution in [0.5, 0.6) is 5.75 Å². The number of carbonyl (C=O) groups excluding carboxylic acids is 2. The molecule has 192 valence electrons. The molecule has 0 aromatic heterocycles. The molecule has 5 rings (SSSR count). The fourth-order valence-electron chi connectivity index (χ4n) is 4.25. The van der Waals surface area contributed by atoms with E-state index in [-0.39, 0.29) is 17.4 Å². The summed E-state index contributed by atoms with van der Waals surface area (Å²) in [4.78, 5) is 27.3. The zero-order valence-electron chi connectivity index (χ0n) is 20.3. The molecule has 0 aliphatic carbocycles. The minimum Gasteiger partial charge on any atom is -0.482 e. The van der Waals surface area contributed by atoms with Gasteiger partial charge in [-0.15, -0.1) is 0 Å². The minimum atomic E-state index is -3.64. The highest BCUT2D eigenvalue weighted by molar-refractivity contribution is 7.89. The standard InChI is InChI=1S/C27H27N3O6S/c1-19-2-4-20(5-3-19)17-30-24-16-22(8-11-25(24)36-18-26(30)31)28-27(32)21-6-9-23(10-7-21)37(33,34)29-12-14-35-15-13-29/h2-11,16H,12-15,17-18H2,1H3,(H,28,32). The van der Waals surface area contributed by atoms with Crippen LogP contribution in [0, 0.1) is 6.92 Å². The molecule has 0 unspecified atom stereocenters. The summed E-state index contributed by atoms with van der Waals surface area (Å²) in [7, 11) is -3.64. The zero-order valence-corrected chi connectivity index (χ0v) is 21.2. The molecule has 2 aliphatic rings. The molecular weight excluding hydrogens is 494 g/mol. The van der Waals surface area contributed by atoms with Crippen molar-refractivity contribution in [3.63, 3.8) is 0 Å². The summed E-state index contributed by atoms with van der Waals surface area (Å²) in [6, 6.07) is 18.9. The van der Waals surface area contributed by atoms with E-state index in [1.165, 1.54) is 28.6 Å². The van der Waals surface area contributed by atoms with Gasteiger partial charge in [-0.25, -0.2) is 8.42 Å². The van der Waals surface area contributed by atoms with Crippen LogP contribution >= 0.6 is 0 Å². The van der Waals surface area contributed by atoms with Crippen LogP contribution in [-0.2, 0) is 26.1 Å². The Bertz CT molecular complexity index is 1420. The van der Waals surface area contributed by atoms with E-state index in [9.17, 15) is 18.0 Å². The van der Waals surface area contributed by atoms with Gasteiger partial charge in [0.15, 0.2) is 6.61 Å². The summed E-state index contributed by atoms with van der Waals surface area (Å²) in [5, 5.41) is 2.83. The number of anilines is 2. The number of nitrogens with one attached hydrogen (secondary N) is 1. The molecule has 2 aliphatic heterocycles. The molecule has 0 spiro atoms. The number of morpholine rings is 1. The van der Waals surface area contributed by atoms with E-state index in [2.05, 4.69) is 5.32 Å². The van der Waals surface area contributed by atoms with Crippen molar-refractivity contribution in [1.82, 2.24) is 4.31 Å². The molecule has 9 nitrogen and oxygen atoms in total. The summed E-state index contributed by atoms with van der Waals surface area (Å²) < 4.78 is 37.9. The molecule has 1 N–H and O–H groups in total. The average Bonchev–Trinajstić information content (AvgIpc) is 2.92. The van der Waals surface area contributed by atoms with E-state index < -0.39 is 15.9 Å². The van der Waals surface area contributed by atoms with Gasteiger partial charge in [-0.3, -0.25) is 9.59 Å². The highest BCUT2D eigenvalue weighted by Gasteiger charge is 2.28. The molecule has 1 fully saturated rings. The Labute approximate surface area is 215 Å². The first-order chi connectivity index (χ1) is 17.8. The van der Waals surface area contributed by atoms with Crippen molar-refractivity contribution < 1.29 is 27.5 Å². The van der Waals surface area contributed by atoms with Gasteiger partial charge in [0.1, 0.15) is 5.75 Å². The van der Waals surface area contributed by atoms with Crippen molar-refractivity contribution in [3.05, 3.63) is 83.4 Å². The number of amides is 2. The fraction of sp³-hybridized carbons (Fsp3) is 0.259. The topological polar surface area (TPSA) is 105 Å². The molecule has 0 radical (unpaired) electrons. The van der Waals surface area contributed by atoms with Gasteiger partial charge in [-0.1, -0.05) is 29.8 Å². The highest BCUT2D eigenvalue weighted by atomic mass is 32.2. The Kier molecular flexibility index (Phi) is 6.96. The van der Waals surface area contributed by atoms with Crippen LogP contribution in [0.2, 0.25) is 0 Å². The second kappa shape index (κ2) is 10.3. The maximum absolute atomic E-state index is 12.9. The lowest BCUT2D eigenvalue weighted by molar-refractivity contribution is -0.121. The largest absolute Gasteiger partial charge is 0.482 e. The highest BCUT2D eigenvalue weighted by Crippen LogP contribution is 2.35. The monoisotopic (exact) mass is 521 g/mol.